The van der Waals surface area contributed by atoms with Gasteiger partial charge in [-0.1, -0.05) is 6.92 Å². The van der Waals surface area contributed by atoms with E-state index in [1.54, 1.807) is 29.8 Å². The van der Waals surface area contributed by atoms with Crippen LogP contribution in [0.2, 0.25) is 0 Å². The molecular weight excluding hydrogens is 266 g/mol. The molecule has 2 aromatic rings. The van der Waals surface area contributed by atoms with Crippen LogP contribution < -0.4 is 5.32 Å². The second-order valence-corrected chi connectivity index (χ2v) is 5.88. The molecule has 6 heteroatoms. The molecule has 2 aromatic heterocycles. The minimum absolute atomic E-state index is 0.689. The van der Waals surface area contributed by atoms with Crippen molar-refractivity contribution in [2.75, 3.05) is 25.6 Å². The third-order valence-electron chi connectivity index (χ3n) is 2.46. The first-order chi connectivity index (χ1) is 8.74. The number of nitrogens with zero attached hydrogens (tertiary/aromatic N) is 2. The fraction of sp³-hybridized carbons (Fsp3) is 0.500. The largest absolute Gasteiger partial charge is 0.383 e. The van der Waals surface area contributed by atoms with Crippen molar-refractivity contribution in [1.82, 2.24) is 9.97 Å². The Morgan fingerprint density at radius 2 is 2.22 bits per heavy atom. The normalized spacial score (nSPS) is 10.8. The standard InChI is InChI=1S/C12H17N3OS2/c1-4-9-11(18-8(2)14-9)10-7-17-12(15-10)13-5-6-16-3/h7H,4-6H2,1-3H3,(H,13,15). The topological polar surface area (TPSA) is 47.0 Å². The van der Waals surface area contributed by atoms with Crippen LogP contribution in [0.4, 0.5) is 5.13 Å². The Hall–Kier alpha value is -0.980. The first-order valence-corrected chi connectivity index (χ1v) is 7.59. The number of hydrogen-bond donors (Lipinski definition) is 1. The molecule has 4 nitrogen and oxygen atoms in total. The van der Waals surface area contributed by atoms with Gasteiger partial charge in [0.1, 0.15) is 0 Å². The summed E-state index contributed by atoms with van der Waals surface area (Å²) >= 11 is 3.34. The fourth-order valence-electron chi connectivity index (χ4n) is 1.63. The van der Waals surface area contributed by atoms with Gasteiger partial charge in [-0.25, -0.2) is 9.97 Å². The van der Waals surface area contributed by atoms with Crippen LogP contribution in [0, 0.1) is 6.92 Å². The van der Waals surface area contributed by atoms with Crippen LogP contribution in [0.25, 0.3) is 10.6 Å². The summed E-state index contributed by atoms with van der Waals surface area (Å²) in [4.78, 5) is 10.3. The average Bonchev–Trinajstić information content (AvgIpc) is 2.95. The number of ether oxygens (including phenoxy) is 1. The van der Waals surface area contributed by atoms with E-state index in [1.165, 1.54) is 4.88 Å². The molecule has 0 fully saturated rings. The molecule has 0 unspecified atom stereocenters. The highest BCUT2D eigenvalue weighted by molar-refractivity contribution is 7.16. The maximum atomic E-state index is 5.00. The second kappa shape index (κ2) is 6.26. The summed E-state index contributed by atoms with van der Waals surface area (Å²) in [6.45, 7) is 5.64. The summed E-state index contributed by atoms with van der Waals surface area (Å²) in [6.07, 6.45) is 0.948. The van der Waals surface area contributed by atoms with E-state index in [0.29, 0.717) is 6.61 Å². The lowest BCUT2D eigenvalue weighted by molar-refractivity contribution is 0.211. The molecule has 98 valence electrons. The van der Waals surface area contributed by atoms with E-state index in [0.717, 1.165) is 34.5 Å². The Balaban J connectivity index is 2.13. The molecule has 0 aliphatic rings. The van der Waals surface area contributed by atoms with Gasteiger partial charge in [-0.3, -0.25) is 0 Å². The first kappa shape index (κ1) is 13.5. The molecule has 0 radical (unpaired) electrons. The predicted octanol–water partition coefficient (Wildman–Crippen LogP) is 3.20. The summed E-state index contributed by atoms with van der Waals surface area (Å²) in [7, 11) is 1.70. The molecule has 2 rings (SSSR count). The molecular formula is C12H17N3OS2. The molecule has 0 bridgehead atoms. The summed E-state index contributed by atoms with van der Waals surface area (Å²) in [6, 6.07) is 0. The van der Waals surface area contributed by atoms with Crippen molar-refractivity contribution in [3.05, 3.63) is 16.1 Å². The minimum Gasteiger partial charge on any atom is -0.383 e. The molecule has 0 spiro atoms. The lowest BCUT2D eigenvalue weighted by atomic mass is 10.2. The lowest BCUT2D eigenvalue weighted by Crippen LogP contribution is -2.07. The predicted molar refractivity (Wildman–Crippen MR) is 77.7 cm³/mol. The van der Waals surface area contributed by atoms with Crippen LogP contribution in [0.5, 0.6) is 0 Å². The van der Waals surface area contributed by atoms with Crippen molar-refractivity contribution in [3.63, 3.8) is 0 Å². The summed E-state index contributed by atoms with van der Waals surface area (Å²) < 4.78 is 5.00. The van der Waals surface area contributed by atoms with Crippen LogP contribution in [0.3, 0.4) is 0 Å². The van der Waals surface area contributed by atoms with Gasteiger partial charge in [-0.2, -0.15) is 0 Å². The number of aromatic nitrogens is 2. The molecule has 2 heterocycles. The van der Waals surface area contributed by atoms with Crippen molar-refractivity contribution < 1.29 is 4.74 Å². The molecule has 0 aliphatic heterocycles. The van der Waals surface area contributed by atoms with E-state index in [2.05, 4.69) is 27.6 Å². The molecule has 0 aromatic carbocycles. The number of thiazole rings is 2. The van der Waals surface area contributed by atoms with E-state index in [1.807, 2.05) is 6.92 Å². The third kappa shape index (κ3) is 3.07. The highest BCUT2D eigenvalue weighted by atomic mass is 32.1. The Morgan fingerprint density at radius 1 is 1.39 bits per heavy atom. The monoisotopic (exact) mass is 283 g/mol. The Morgan fingerprint density at radius 3 is 2.94 bits per heavy atom. The van der Waals surface area contributed by atoms with Gasteiger partial charge in [0.15, 0.2) is 5.13 Å². The molecule has 0 amide bonds. The number of anilines is 1. The molecule has 18 heavy (non-hydrogen) atoms. The highest BCUT2D eigenvalue weighted by Gasteiger charge is 2.12. The van der Waals surface area contributed by atoms with Crippen LogP contribution in [0.1, 0.15) is 17.6 Å². The van der Waals surface area contributed by atoms with Gasteiger partial charge < -0.3 is 10.1 Å². The number of aryl methyl sites for hydroxylation is 2. The van der Waals surface area contributed by atoms with Crippen LogP contribution >= 0.6 is 22.7 Å². The summed E-state index contributed by atoms with van der Waals surface area (Å²) in [5, 5.41) is 7.37. The average molecular weight is 283 g/mol. The zero-order valence-electron chi connectivity index (χ0n) is 10.8. The quantitative estimate of drug-likeness (QED) is 0.827. The van der Waals surface area contributed by atoms with Crippen molar-refractivity contribution >= 4 is 27.8 Å². The molecule has 1 N–H and O–H groups in total. The minimum atomic E-state index is 0.689. The van der Waals surface area contributed by atoms with Gasteiger partial charge in [0.25, 0.3) is 0 Å². The Labute approximate surface area is 115 Å². The lowest BCUT2D eigenvalue weighted by Gasteiger charge is -2.00. The first-order valence-electron chi connectivity index (χ1n) is 5.89. The zero-order chi connectivity index (χ0) is 13.0. The number of hydrogen-bond acceptors (Lipinski definition) is 6. The van der Waals surface area contributed by atoms with Crippen LogP contribution in [0.15, 0.2) is 5.38 Å². The van der Waals surface area contributed by atoms with Crippen LogP contribution in [-0.4, -0.2) is 30.2 Å². The van der Waals surface area contributed by atoms with Gasteiger partial charge in [0.05, 0.1) is 27.9 Å². The number of rotatable bonds is 6. The molecule has 0 saturated heterocycles. The smallest absolute Gasteiger partial charge is 0.183 e. The van der Waals surface area contributed by atoms with E-state index in [-0.39, 0.29) is 0 Å². The Kier molecular flexibility index (Phi) is 4.68. The van der Waals surface area contributed by atoms with Crippen molar-refractivity contribution in [2.45, 2.75) is 20.3 Å². The van der Waals surface area contributed by atoms with Gasteiger partial charge >= 0.3 is 0 Å². The molecule has 0 saturated carbocycles. The Bertz CT molecular complexity index is 507. The number of nitrogens with one attached hydrogen (secondary N) is 1. The van der Waals surface area contributed by atoms with E-state index in [4.69, 9.17) is 4.74 Å². The zero-order valence-corrected chi connectivity index (χ0v) is 12.5. The summed E-state index contributed by atoms with van der Waals surface area (Å²) in [5.41, 5.74) is 2.17. The van der Waals surface area contributed by atoms with Crippen LogP contribution in [-0.2, 0) is 11.2 Å². The number of methoxy groups -OCH3 is 1. The van der Waals surface area contributed by atoms with Gasteiger partial charge in [0, 0.05) is 19.0 Å². The molecule has 0 atom stereocenters. The maximum absolute atomic E-state index is 5.00. The van der Waals surface area contributed by atoms with Gasteiger partial charge in [-0.15, -0.1) is 22.7 Å². The fourth-order valence-corrected chi connectivity index (χ4v) is 3.40. The van der Waals surface area contributed by atoms with Crippen molar-refractivity contribution in [2.24, 2.45) is 0 Å². The highest BCUT2D eigenvalue weighted by Crippen LogP contribution is 2.32. The SMILES string of the molecule is CCc1nc(C)sc1-c1csc(NCCOC)n1. The van der Waals surface area contributed by atoms with Crippen molar-refractivity contribution in [1.29, 1.82) is 0 Å². The van der Waals surface area contributed by atoms with Gasteiger partial charge in [0.2, 0.25) is 0 Å². The maximum Gasteiger partial charge on any atom is 0.183 e. The third-order valence-corrected chi connectivity index (χ3v) is 4.29. The van der Waals surface area contributed by atoms with E-state index < -0.39 is 0 Å². The molecule has 0 aliphatic carbocycles. The van der Waals surface area contributed by atoms with Crippen molar-refractivity contribution in [3.8, 4) is 10.6 Å². The summed E-state index contributed by atoms with van der Waals surface area (Å²) in [5.74, 6) is 0. The van der Waals surface area contributed by atoms with E-state index >= 15 is 0 Å². The second-order valence-electron chi connectivity index (χ2n) is 3.82. The van der Waals surface area contributed by atoms with Gasteiger partial charge in [-0.05, 0) is 13.3 Å². The van der Waals surface area contributed by atoms with E-state index in [9.17, 15) is 0 Å².